The molecule has 1 aromatic heterocycles. The van der Waals surface area contributed by atoms with Gasteiger partial charge in [0.2, 0.25) is 0 Å². The number of nitrogens with one attached hydrogen (secondary N) is 1. The van der Waals surface area contributed by atoms with Crippen LogP contribution in [0.15, 0.2) is 36.4 Å². The Balaban J connectivity index is 2.30. The number of hydrogen-bond donors (Lipinski definition) is 1. The monoisotopic (exact) mass is 245 g/mol. The van der Waals surface area contributed by atoms with Gasteiger partial charge < -0.3 is 5.32 Å². The average molecular weight is 245 g/mol. The molecule has 1 aromatic carbocycles. The van der Waals surface area contributed by atoms with Crippen molar-refractivity contribution in [2.24, 2.45) is 0 Å². The summed E-state index contributed by atoms with van der Waals surface area (Å²) in [4.78, 5) is 2.75. The molecule has 1 atom stereocenters. The van der Waals surface area contributed by atoms with E-state index in [9.17, 15) is 0 Å². The van der Waals surface area contributed by atoms with Gasteiger partial charge in [0.25, 0.3) is 0 Å². The Kier molecular flexibility index (Phi) is 3.97. The molecule has 0 saturated heterocycles. The van der Waals surface area contributed by atoms with E-state index in [0.29, 0.717) is 6.04 Å². The SMILES string of the molecule is CCc1cccc(-c2ccc(C(C)NC)s2)c1. The smallest absolute Gasteiger partial charge is 0.0383 e. The van der Waals surface area contributed by atoms with Crippen molar-refractivity contribution in [3.05, 3.63) is 46.8 Å². The van der Waals surface area contributed by atoms with Crippen LogP contribution in [0.4, 0.5) is 0 Å². The average Bonchev–Trinajstić information content (AvgIpc) is 2.87. The minimum absolute atomic E-state index is 0.433. The minimum atomic E-state index is 0.433. The standard InChI is InChI=1S/C15H19NS/c1-4-12-6-5-7-13(10-12)15-9-8-14(17-15)11(2)16-3/h5-11,16H,4H2,1-3H3. The van der Waals surface area contributed by atoms with Gasteiger partial charge in [-0.05, 0) is 43.7 Å². The Labute approximate surface area is 108 Å². The lowest BCUT2D eigenvalue weighted by atomic mass is 10.1. The highest BCUT2D eigenvalue weighted by Gasteiger charge is 2.07. The van der Waals surface area contributed by atoms with Crippen LogP contribution in [-0.4, -0.2) is 7.05 Å². The van der Waals surface area contributed by atoms with Crippen LogP contribution < -0.4 is 5.32 Å². The van der Waals surface area contributed by atoms with Gasteiger partial charge in [-0.3, -0.25) is 0 Å². The molecule has 1 heterocycles. The maximum Gasteiger partial charge on any atom is 0.0383 e. The molecule has 0 radical (unpaired) electrons. The molecule has 2 rings (SSSR count). The second-order valence-corrected chi connectivity index (χ2v) is 5.38. The molecule has 1 nitrogen and oxygen atoms in total. The van der Waals surface area contributed by atoms with Gasteiger partial charge in [-0.25, -0.2) is 0 Å². The lowest BCUT2D eigenvalue weighted by Crippen LogP contribution is -2.10. The van der Waals surface area contributed by atoms with Crippen molar-refractivity contribution in [2.75, 3.05) is 7.05 Å². The molecule has 2 heteroatoms. The van der Waals surface area contributed by atoms with Crippen molar-refractivity contribution in [3.63, 3.8) is 0 Å². The fraction of sp³-hybridized carbons (Fsp3) is 0.333. The molecule has 0 saturated carbocycles. The molecule has 90 valence electrons. The van der Waals surface area contributed by atoms with Crippen LogP contribution in [0.25, 0.3) is 10.4 Å². The lowest BCUT2D eigenvalue weighted by Gasteiger charge is -2.06. The summed E-state index contributed by atoms with van der Waals surface area (Å²) in [5.74, 6) is 0. The number of aryl methyl sites for hydroxylation is 1. The molecule has 17 heavy (non-hydrogen) atoms. The quantitative estimate of drug-likeness (QED) is 0.848. The molecule has 0 fully saturated rings. The summed E-state index contributed by atoms with van der Waals surface area (Å²) in [5.41, 5.74) is 2.74. The first-order chi connectivity index (χ1) is 8.24. The van der Waals surface area contributed by atoms with Gasteiger partial charge in [0.1, 0.15) is 0 Å². The molecule has 2 aromatic rings. The Bertz CT molecular complexity index is 487. The third-order valence-corrected chi connectivity index (χ3v) is 4.42. The van der Waals surface area contributed by atoms with Gasteiger partial charge in [0, 0.05) is 15.8 Å². The first-order valence-electron chi connectivity index (χ1n) is 6.11. The maximum atomic E-state index is 3.28. The Morgan fingerprint density at radius 3 is 2.76 bits per heavy atom. The lowest BCUT2D eigenvalue weighted by molar-refractivity contribution is 0.664. The van der Waals surface area contributed by atoms with E-state index in [2.05, 4.69) is 55.6 Å². The fourth-order valence-corrected chi connectivity index (χ4v) is 2.89. The molecule has 0 aliphatic rings. The summed E-state index contributed by atoms with van der Waals surface area (Å²) >= 11 is 1.88. The number of thiophene rings is 1. The van der Waals surface area contributed by atoms with Crippen LogP contribution in [0.1, 0.15) is 30.3 Å². The van der Waals surface area contributed by atoms with Gasteiger partial charge in [-0.1, -0.05) is 31.2 Å². The highest BCUT2D eigenvalue weighted by atomic mass is 32.1. The van der Waals surface area contributed by atoms with Gasteiger partial charge in [0.15, 0.2) is 0 Å². The largest absolute Gasteiger partial charge is 0.313 e. The van der Waals surface area contributed by atoms with Crippen LogP contribution >= 0.6 is 11.3 Å². The normalized spacial score (nSPS) is 12.6. The predicted molar refractivity (Wildman–Crippen MR) is 76.6 cm³/mol. The van der Waals surface area contributed by atoms with Gasteiger partial charge in [-0.15, -0.1) is 11.3 Å². The van der Waals surface area contributed by atoms with Crippen LogP contribution in [-0.2, 0) is 6.42 Å². The zero-order valence-corrected chi connectivity index (χ0v) is 11.5. The molecule has 0 aliphatic carbocycles. The van der Waals surface area contributed by atoms with E-state index >= 15 is 0 Å². The van der Waals surface area contributed by atoms with E-state index in [0.717, 1.165) is 6.42 Å². The van der Waals surface area contributed by atoms with Crippen molar-refractivity contribution in [2.45, 2.75) is 26.3 Å². The molecule has 0 amide bonds. The Morgan fingerprint density at radius 1 is 1.24 bits per heavy atom. The Morgan fingerprint density at radius 2 is 2.06 bits per heavy atom. The van der Waals surface area contributed by atoms with Crippen LogP contribution in [0.5, 0.6) is 0 Å². The summed E-state index contributed by atoms with van der Waals surface area (Å²) in [6.07, 6.45) is 1.10. The number of rotatable bonds is 4. The topological polar surface area (TPSA) is 12.0 Å². The van der Waals surface area contributed by atoms with E-state index in [1.165, 1.54) is 20.9 Å². The maximum absolute atomic E-state index is 3.28. The summed E-state index contributed by atoms with van der Waals surface area (Å²) < 4.78 is 0. The van der Waals surface area contributed by atoms with E-state index in [4.69, 9.17) is 0 Å². The summed E-state index contributed by atoms with van der Waals surface area (Å²) in [7, 11) is 2.00. The Hall–Kier alpha value is -1.12. The zero-order valence-electron chi connectivity index (χ0n) is 10.7. The molecule has 1 N–H and O–H groups in total. The molecular weight excluding hydrogens is 226 g/mol. The van der Waals surface area contributed by atoms with Crippen molar-refractivity contribution in [1.82, 2.24) is 5.32 Å². The van der Waals surface area contributed by atoms with Crippen LogP contribution in [0, 0.1) is 0 Å². The first-order valence-corrected chi connectivity index (χ1v) is 6.92. The van der Waals surface area contributed by atoms with Crippen molar-refractivity contribution in [3.8, 4) is 10.4 Å². The zero-order chi connectivity index (χ0) is 12.3. The van der Waals surface area contributed by atoms with Gasteiger partial charge in [-0.2, -0.15) is 0 Å². The molecule has 0 spiro atoms. The summed E-state index contributed by atoms with van der Waals surface area (Å²) in [6.45, 7) is 4.39. The summed E-state index contributed by atoms with van der Waals surface area (Å²) in [6, 6.07) is 13.7. The van der Waals surface area contributed by atoms with E-state index in [1.807, 2.05) is 18.4 Å². The summed E-state index contributed by atoms with van der Waals surface area (Å²) in [5, 5.41) is 3.28. The molecular formula is C15H19NS. The third-order valence-electron chi connectivity index (χ3n) is 3.11. The highest BCUT2D eigenvalue weighted by molar-refractivity contribution is 7.15. The fourth-order valence-electron chi connectivity index (χ4n) is 1.83. The van der Waals surface area contributed by atoms with E-state index in [1.54, 1.807) is 0 Å². The molecule has 0 bridgehead atoms. The first kappa shape index (κ1) is 12.3. The second-order valence-electron chi connectivity index (χ2n) is 4.27. The van der Waals surface area contributed by atoms with Crippen LogP contribution in [0.2, 0.25) is 0 Å². The van der Waals surface area contributed by atoms with E-state index in [-0.39, 0.29) is 0 Å². The van der Waals surface area contributed by atoms with Crippen molar-refractivity contribution in [1.29, 1.82) is 0 Å². The van der Waals surface area contributed by atoms with Crippen LogP contribution in [0.3, 0.4) is 0 Å². The van der Waals surface area contributed by atoms with Gasteiger partial charge >= 0.3 is 0 Å². The molecule has 1 unspecified atom stereocenters. The van der Waals surface area contributed by atoms with E-state index < -0.39 is 0 Å². The van der Waals surface area contributed by atoms with Gasteiger partial charge in [0.05, 0.1) is 0 Å². The van der Waals surface area contributed by atoms with Crippen molar-refractivity contribution < 1.29 is 0 Å². The van der Waals surface area contributed by atoms with Crippen molar-refractivity contribution >= 4 is 11.3 Å². The second kappa shape index (κ2) is 5.48. The minimum Gasteiger partial charge on any atom is -0.313 e. The third kappa shape index (κ3) is 2.76. The highest BCUT2D eigenvalue weighted by Crippen LogP contribution is 2.31. The predicted octanol–water partition coefficient (Wildman–Crippen LogP) is 4.26. The number of hydrogen-bond acceptors (Lipinski definition) is 2. The molecule has 0 aliphatic heterocycles. The number of benzene rings is 1.